The van der Waals surface area contributed by atoms with E-state index in [1.165, 1.54) is 19.2 Å². The largest absolute Gasteiger partial charge is 0.467 e. The van der Waals surface area contributed by atoms with E-state index in [-0.39, 0.29) is 12.2 Å². The van der Waals surface area contributed by atoms with Crippen LogP contribution in [0.2, 0.25) is 5.02 Å². The number of ether oxygens (including phenoxy) is 2. The minimum atomic E-state index is -4.42. The molecule has 4 rings (SSSR count). The quantitative estimate of drug-likeness (QED) is 0.171. The number of alkyl halides is 3. The van der Waals surface area contributed by atoms with Crippen molar-refractivity contribution in [1.29, 1.82) is 0 Å². The van der Waals surface area contributed by atoms with Crippen molar-refractivity contribution in [3.05, 3.63) is 113 Å². The summed E-state index contributed by atoms with van der Waals surface area (Å²) < 4.78 is 49.3. The lowest BCUT2D eigenvalue weighted by Crippen LogP contribution is -2.43. The van der Waals surface area contributed by atoms with Crippen molar-refractivity contribution in [2.45, 2.75) is 32.5 Å². The van der Waals surface area contributed by atoms with Crippen molar-refractivity contribution in [3.63, 3.8) is 0 Å². The van der Waals surface area contributed by atoms with Gasteiger partial charge in [0.15, 0.2) is 0 Å². The van der Waals surface area contributed by atoms with E-state index in [4.69, 9.17) is 21.1 Å². The van der Waals surface area contributed by atoms with Crippen molar-refractivity contribution in [3.8, 4) is 22.6 Å². The molecule has 10 heteroatoms. The Hall–Kier alpha value is -4.50. The minimum absolute atomic E-state index is 0.191. The summed E-state index contributed by atoms with van der Waals surface area (Å²) in [6.45, 7) is 5.36. The van der Waals surface area contributed by atoms with Crippen molar-refractivity contribution in [2.75, 3.05) is 25.1 Å². The van der Waals surface area contributed by atoms with Gasteiger partial charge in [0, 0.05) is 30.2 Å². The van der Waals surface area contributed by atoms with E-state index in [1.54, 1.807) is 36.4 Å². The van der Waals surface area contributed by atoms with E-state index in [0.29, 0.717) is 29.4 Å². The Bertz CT molecular complexity index is 1590. The van der Waals surface area contributed by atoms with E-state index in [9.17, 15) is 22.8 Å². The smallest absolute Gasteiger partial charge is 0.416 e. The summed E-state index contributed by atoms with van der Waals surface area (Å²) >= 11 is 6.21. The van der Waals surface area contributed by atoms with Crippen LogP contribution in [0.5, 0.6) is 11.5 Å². The molecule has 4 aromatic rings. The summed E-state index contributed by atoms with van der Waals surface area (Å²) in [6.07, 6.45) is -4.23. The van der Waals surface area contributed by atoms with Gasteiger partial charge in [-0.15, -0.1) is 0 Å². The van der Waals surface area contributed by atoms with E-state index >= 15 is 0 Å². The Morgan fingerprint density at radius 1 is 0.864 bits per heavy atom. The zero-order chi connectivity index (χ0) is 31.9. The highest BCUT2D eigenvalue weighted by atomic mass is 35.5. The number of methoxy groups -OCH3 is 1. The second-order valence-electron chi connectivity index (χ2n) is 9.94. The third-order valence-corrected chi connectivity index (χ3v) is 7.31. The zero-order valence-corrected chi connectivity index (χ0v) is 25.2. The van der Waals surface area contributed by atoms with Crippen LogP contribution < -0.4 is 15.0 Å². The van der Waals surface area contributed by atoms with Crippen LogP contribution in [0, 0.1) is 0 Å². The molecule has 0 saturated heterocycles. The molecular weight excluding hydrogens is 593 g/mol. The molecule has 1 amide bonds. The first kappa shape index (κ1) is 32.4. The number of nitrogens with zero attached hydrogens (tertiary/aromatic N) is 1. The molecule has 0 aliphatic heterocycles. The fourth-order valence-corrected chi connectivity index (χ4v) is 4.93. The standard InChI is InChI=1S/C34H32ClF3N2O4/c1-4-40(5-2)31-18-15-26(35)21-29(31)32(41)39-30(33(42)43-3)19-22-9-11-23(12-10-22)24-7-6-8-28(20-24)44-27-16-13-25(14-17-27)34(36,37)38/h6-18,20-21,30H,4-5,19H2,1-3H3,(H,39,41). The molecule has 44 heavy (non-hydrogen) atoms. The van der Waals surface area contributed by atoms with Crippen LogP contribution >= 0.6 is 11.6 Å². The van der Waals surface area contributed by atoms with Crippen LogP contribution in [0.15, 0.2) is 91.0 Å². The van der Waals surface area contributed by atoms with Crippen LogP contribution in [0.4, 0.5) is 18.9 Å². The minimum Gasteiger partial charge on any atom is -0.467 e. The van der Waals surface area contributed by atoms with Gasteiger partial charge in [-0.3, -0.25) is 4.79 Å². The van der Waals surface area contributed by atoms with Gasteiger partial charge in [0.05, 0.1) is 18.2 Å². The van der Waals surface area contributed by atoms with E-state index in [1.807, 2.05) is 49.1 Å². The predicted octanol–water partition coefficient (Wildman–Crippen LogP) is 8.18. The summed E-state index contributed by atoms with van der Waals surface area (Å²) in [6, 6.07) is 23.3. The number of hydrogen-bond acceptors (Lipinski definition) is 5. The number of nitrogens with one attached hydrogen (secondary N) is 1. The molecule has 1 unspecified atom stereocenters. The highest BCUT2D eigenvalue weighted by Gasteiger charge is 2.30. The molecular formula is C34H32ClF3N2O4. The average Bonchev–Trinajstić information content (AvgIpc) is 3.01. The van der Waals surface area contributed by atoms with Gasteiger partial charge < -0.3 is 19.7 Å². The molecule has 0 saturated carbocycles. The Morgan fingerprint density at radius 2 is 1.55 bits per heavy atom. The number of rotatable bonds is 11. The second-order valence-corrected chi connectivity index (χ2v) is 10.4. The molecule has 0 fully saturated rings. The monoisotopic (exact) mass is 624 g/mol. The van der Waals surface area contributed by atoms with E-state index in [0.717, 1.165) is 34.5 Å². The van der Waals surface area contributed by atoms with Crippen molar-refractivity contribution in [1.82, 2.24) is 5.32 Å². The van der Waals surface area contributed by atoms with Crippen LogP contribution in [0.3, 0.4) is 0 Å². The maximum atomic E-state index is 13.4. The second kappa shape index (κ2) is 14.3. The van der Waals surface area contributed by atoms with Crippen molar-refractivity contribution >= 4 is 29.2 Å². The lowest BCUT2D eigenvalue weighted by atomic mass is 10.00. The molecule has 230 valence electrons. The normalized spacial score (nSPS) is 11.9. The van der Waals surface area contributed by atoms with Gasteiger partial charge >= 0.3 is 12.1 Å². The maximum Gasteiger partial charge on any atom is 0.416 e. The number of anilines is 1. The number of benzene rings is 4. The SMILES string of the molecule is CCN(CC)c1ccc(Cl)cc1C(=O)NC(Cc1ccc(-c2cccc(Oc3ccc(C(F)(F)F)cc3)c2)cc1)C(=O)OC. The fourth-order valence-electron chi connectivity index (χ4n) is 4.76. The molecule has 1 atom stereocenters. The molecule has 1 N–H and O–H groups in total. The lowest BCUT2D eigenvalue weighted by molar-refractivity contribution is -0.143. The third-order valence-electron chi connectivity index (χ3n) is 7.08. The van der Waals surface area contributed by atoms with E-state index in [2.05, 4.69) is 5.32 Å². The Kier molecular flexibility index (Phi) is 10.5. The molecule has 0 bridgehead atoms. The molecule has 0 aliphatic carbocycles. The molecule has 4 aromatic carbocycles. The van der Waals surface area contributed by atoms with Gasteiger partial charge in [-0.2, -0.15) is 13.2 Å². The van der Waals surface area contributed by atoms with Gasteiger partial charge in [-0.05, 0) is 85.1 Å². The van der Waals surface area contributed by atoms with Crippen LogP contribution in [0.1, 0.15) is 35.3 Å². The third kappa shape index (κ3) is 8.11. The van der Waals surface area contributed by atoms with Gasteiger partial charge in [-0.25, -0.2) is 4.79 Å². The van der Waals surface area contributed by atoms with Crippen molar-refractivity contribution in [2.24, 2.45) is 0 Å². The first-order valence-corrected chi connectivity index (χ1v) is 14.4. The van der Waals surface area contributed by atoms with Crippen LogP contribution in [-0.2, 0) is 22.1 Å². The number of esters is 1. The van der Waals surface area contributed by atoms with Gasteiger partial charge in [0.25, 0.3) is 5.91 Å². The summed E-state index contributed by atoms with van der Waals surface area (Å²) in [5.41, 5.74) is 2.80. The van der Waals surface area contributed by atoms with E-state index < -0.39 is 29.7 Å². The number of carbonyl (C=O) groups excluding carboxylic acids is 2. The van der Waals surface area contributed by atoms with Crippen molar-refractivity contribution < 1.29 is 32.2 Å². The average molecular weight is 625 g/mol. The van der Waals surface area contributed by atoms with Gasteiger partial charge in [-0.1, -0.05) is 48.0 Å². The maximum absolute atomic E-state index is 13.4. The molecule has 0 heterocycles. The summed E-state index contributed by atoms with van der Waals surface area (Å²) in [5, 5.41) is 3.22. The highest BCUT2D eigenvalue weighted by molar-refractivity contribution is 6.31. The molecule has 0 spiro atoms. The van der Waals surface area contributed by atoms with Crippen LogP contribution in [0.25, 0.3) is 11.1 Å². The molecule has 6 nitrogen and oxygen atoms in total. The number of amides is 1. The summed E-state index contributed by atoms with van der Waals surface area (Å²) in [7, 11) is 1.27. The number of hydrogen-bond donors (Lipinski definition) is 1. The van der Waals surface area contributed by atoms with Gasteiger partial charge in [0.1, 0.15) is 17.5 Å². The predicted molar refractivity (Wildman–Crippen MR) is 165 cm³/mol. The Balaban J connectivity index is 1.48. The fraction of sp³-hybridized carbons (Fsp3) is 0.235. The number of carbonyl (C=O) groups is 2. The lowest BCUT2D eigenvalue weighted by Gasteiger charge is -2.25. The molecule has 0 radical (unpaired) electrons. The summed E-state index contributed by atoms with van der Waals surface area (Å²) in [4.78, 5) is 28.1. The Morgan fingerprint density at radius 3 is 2.16 bits per heavy atom. The van der Waals surface area contributed by atoms with Gasteiger partial charge in [0.2, 0.25) is 0 Å². The zero-order valence-electron chi connectivity index (χ0n) is 24.5. The highest BCUT2D eigenvalue weighted by Crippen LogP contribution is 2.32. The molecule has 0 aromatic heterocycles. The first-order valence-electron chi connectivity index (χ1n) is 14.0. The Labute approximate surface area is 259 Å². The summed E-state index contributed by atoms with van der Waals surface area (Å²) in [5.74, 6) is -0.276. The molecule has 0 aliphatic rings. The topological polar surface area (TPSA) is 67.9 Å². The van der Waals surface area contributed by atoms with Crippen LogP contribution in [-0.4, -0.2) is 38.1 Å². The first-order chi connectivity index (χ1) is 21.0. The number of halogens is 4.